The molecule has 1 aromatic heterocycles. The van der Waals surface area contributed by atoms with Gasteiger partial charge in [-0.15, -0.1) is 0 Å². The first-order valence-corrected chi connectivity index (χ1v) is 8.20. The van der Waals surface area contributed by atoms with Crippen LogP contribution in [0.2, 0.25) is 5.02 Å². The van der Waals surface area contributed by atoms with Gasteiger partial charge in [-0.2, -0.15) is 11.3 Å². The van der Waals surface area contributed by atoms with Gasteiger partial charge in [0, 0.05) is 6.54 Å². The fourth-order valence-electron chi connectivity index (χ4n) is 1.87. The van der Waals surface area contributed by atoms with Gasteiger partial charge in [0.25, 0.3) is 5.91 Å². The highest BCUT2D eigenvalue weighted by molar-refractivity contribution is 7.07. The van der Waals surface area contributed by atoms with Crippen LogP contribution in [-0.4, -0.2) is 23.7 Å². The summed E-state index contributed by atoms with van der Waals surface area (Å²) in [6, 6.07) is 7.22. The van der Waals surface area contributed by atoms with Gasteiger partial charge in [0.2, 0.25) is 0 Å². The number of ether oxygens (including phenoxy) is 1. The zero-order valence-corrected chi connectivity index (χ0v) is 13.9. The van der Waals surface area contributed by atoms with Crippen LogP contribution in [0.1, 0.15) is 24.2 Å². The fraction of sp³-hybridized carbons (Fsp3) is 0.312. The molecule has 0 saturated heterocycles. The summed E-state index contributed by atoms with van der Waals surface area (Å²) in [7, 11) is 0. The monoisotopic (exact) mass is 339 g/mol. The largest absolute Gasteiger partial charge is 0.479 e. The Balaban J connectivity index is 1.88. The van der Waals surface area contributed by atoms with E-state index in [1.54, 1.807) is 19.1 Å². The lowest BCUT2D eigenvalue weighted by Crippen LogP contribution is -2.38. The number of thiophene rings is 1. The molecule has 2 rings (SSSR count). The first-order valence-electron chi connectivity index (χ1n) is 6.88. The highest BCUT2D eigenvalue weighted by Crippen LogP contribution is 2.26. The number of nitrogens with one attached hydrogen (secondary N) is 1. The number of amides is 1. The standard InChI is InChI=1S/C16H18ClNO3S/c1-10-3-4-13(17)15(7-10)21-11(2)16(20)18-8-14(19)12-5-6-22-9-12/h3-7,9,11,14,19H,8H2,1-2H3,(H,18,20). The van der Waals surface area contributed by atoms with Crippen LogP contribution in [0.3, 0.4) is 0 Å². The van der Waals surface area contributed by atoms with Crippen LogP contribution in [0.4, 0.5) is 0 Å². The minimum absolute atomic E-state index is 0.144. The average Bonchev–Trinajstić information content (AvgIpc) is 3.02. The number of carbonyl (C=O) groups is 1. The molecule has 0 aliphatic carbocycles. The van der Waals surface area contributed by atoms with Gasteiger partial charge in [-0.1, -0.05) is 17.7 Å². The molecule has 0 radical (unpaired) electrons. The Morgan fingerprint density at radius 2 is 2.23 bits per heavy atom. The van der Waals surface area contributed by atoms with Crippen molar-refractivity contribution in [3.63, 3.8) is 0 Å². The van der Waals surface area contributed by atoms with E-state index in [1.165, 1.54) is 11.3 Å². The van der Waals surface area contributed by atoms with Crippen molar-refractivity contribution in [1.82, 2.24) is 5.32 Å². The molecule has 2 N–H and O–H groups in total. The Morgan fingerprint density at radius 1 is 1.45 bits per heavy atom. The predicted octanol–water partition coefficient (Wildman–Crippen LogP) is 3.33. The third-order valence-electron chi connectivity index (χ3n) is 3.16. The number of hydrogen-bond acceptors (Lipinski definition) is 4. The molecule has 0 spiro atoms. The van der Waals surface area contributed by atoms with Crippen LogP contribution in [0.5, 0.6) is 5.75 Å². The second-order valence-corrected chi connectivity index (χ2v) is 6.20. The van der Waals surface area contributed by atoms with Crippen molar-refractivity contribution in [3.05, 3.63) is 51.2 Å². The molecular weight excluding hydrogens is 322 g/mol. The molecule has 6 heteroatoms. The van der Waals surface area contributed by atoms with Crippen molar-refractivity contribution in [2.75, 3.05) is 6.54 Å². The van der Waals surface area contributed by atoms with E-state index in [2.05, 4.69) is 5.32 Å². The summed E-state index contributed by atoms with van der Waals surface area (Å²) < 4.78 is 5.59. The number of carbonyl (C=O) groups excluding carboxylic acids is 1. The molecule has 118 valence electrons. The minimum atomic E-state index is -0.718. The quantitative estimate of drug-likeness (QED) is 0.848. The third kappa shape index (κ3) is 4.47. The van der Waals surface area contributed by atoms with Gasteiger partial charge in [-0.05, 0) is 53.9 Å². The predicted molar refractivity (Wildman–Crippen MR) is 88.6 cm³/mol. The van der Waals surface area contributed by atoms with Crippen molar-refractivity contribution in [2.45, 2.75) is 26.1 Å². The Bertz CT molecular complexity index is 630. The van der Waals surface area contributed by atoms with Crippen LogP contribution >= 0.6 is 22.9 Å². The minimum Gasteiger partial charge on any atom is -0.479 e. The molecule has 0 aliphatic heterocycles. The molecule has 0 saturated carbocycles. The zero-order valence-electron chi connectivity index (χ0n) is 12.4. The van der Waals surface area contributed by atoms with Crippen LogP contribution in [0.15, 0.2) is 35.0 Å². The van der Waals surface area contributed by atoms with E-state index in [-0.39, 0.29) is 12.5 Å². The van der Waals surface area contributed by atoms with Gasteiger partial charge >= 0.3 is 0 Å². The van der Waals surface area contributed by atoms with E-state index in [4.69, 9.17) is 16.3 Å². The Kier molecular flexibility index (Phi) is 5.83. The maximum Gasteiger partial charge on any atom is 0.260 e. The molecule has 4 nitrogen and oxygen atoms in total. The topological polar surface area (TPSA) is 58.6 Å². The van der Waals surface area contributed by atoms with Crippen molar-refractivity contribution < 1.29 is 14.6 Å². The molecule has 0 fully saturated rings. The highest BCUT2D eigenvalue weighted by Gasteiger charge is 2.17. The van der Waals surface area contributed by atoms with Gasteiger partial charge in [-0.25, -0.2) is 0 Å². The zero-order chi connectivity index (χ0) is 16.1. The van der Waals surface area contributed by atoms with Crippen LogP contribution in [0, 0.1) is 6.92 Å². The normalized spacial score (nSPS) is 13.5. The fourth-order valence-corrected chi connectivity index (χ4v) is 2.74. The van der Waals surface area contributed by atoms with Crippen molar-refractivity contribution in [2.24, 2.45) is 0 Å². The van der Waals surface area contributed by atoms with E-state index >= 15 is 0 Å². The number of rotatable bonds is 6. The molecule has 22 heavy (non-hydrogen) atoms. The molecule has 1 amide bonds. The highest BCUT2D eigenvalue weighted by atomic mass is 35.5. The SMILES string of the molecule is Cc1ccc(Cl)c(OC(C)C(=O)NCC(O)c2ccsc2)c1. The maximum atomic E-state index is 12.0. The number of aliphatic hydroxyl groups excluding tert-OH is 1. The molecule has 2 aromatic rings. The molecule has 0 bridgehead atoms. The number of aliphatic hydroxyl groups is 1. The summed E-state index contributed by atoms with van der Waals surface area (Å²) in [5, 5.41) is 16.8. The van der Waals surface area contributed by atoms with E-state index in [9.17, 15) is 9.90 Å². The Morgan fingerprint density at radius 3 is 2.91 bits per heavy atom. The van der Waals surface area contributed by atoms with Crippen LogP contribution in [-0.2, 0) is 4.79 Å². The second-order valence-electron chi connectivity index (χ2n) is 5.01. The van der Waals surface area contributed by atoms with Crippen molar-refractivity contribution in [1.29, 1.82) is 0 Å². The lowest BCUT2D eigenvalue weighted by molar-refractivity contribution is -0.127. The first kappa shape index (κ1) is 16.8. The molecule has 1 aromatic carbocycles. The number of hydrogen-bond donors (Lipinski definition) is 2. The average molecular weight is 340 g/mol. The molecule has 0 aliphatic rings. The maximum absolute atomic E-state index is 12.0. The Hall–Kier alpha value is -1.56. The van der Waals surface area contributed by atoms with Crippen molar-refractivity contribution in [3.8, 4) is 5.75 Å². The second kappa shape index (κ2) is 7.63. The third-order valence-corrected chi connectivity index (χ3v) is 4.17. The van der Waals surface area contributed by atoms with Gasteiger partial charge in [0.15, 0.2) is 6.10 Å². The number of halogens is 1. The smallest absolute Gasteiger partial charge is 0.260 e. The molecular formula is C16H18ClNO3S. The summed E-state index contributed by atoms with van der Waals surface area (Å²) in [4.78, 5) is 12.0. The lowest BCUT2D eigenvalue weighted by atomic mass is 10.2. The van der Waals surface area contributed by atoms with E-state index in [0.717, 1.165) is 11.1 Å². The number of benzene rings is 1. The Labute approximate surface area is 138 Å². The molecule has 2 unspecified atom stereocenters. The van der Waals surface area contributed by atoms with Crippen molar-refractivity contribution >= 4 is 28.8 Å². The molecule has 2 atom stereocenters. The lowest BCUT2D eigenvalue weighted by Gasteiger charge is -2.17. The van der Waals surface area contributed by atoms with E-state index in [0.29, 0.717) is 10.8 Å². The molecule has 1 heterocycles. The van der Waals surface area contributed by atoms with Gasteiger partial charge in [0.1, 0.15) is 5.75 Å². The van der Waals surface area contributed by atoms with Gasteiger partial charge < -0.3 is 15.2 Å². The van der Waals surface area contributed by atoms with Crippen LogP contribution in [0.25, 0.3) is 0 Å². The first-order chi connectivity index (χ1) is 10.5. The van der Waals surface area contributed by atoms with E-state index < -0.39 is 12.2 Å². The van der Waals surface area contributed by atoms with Crippen LogP contribution < -0.4 is 10.1 Å². The summed E-state index contributed by atoms with van der Waals surface area (Å²) in [6.07, 6.45) is -1.42. The van der Waals surface area contributed by atoms with Gasteiger partial charge in [0.05, 0.1) is 11.1 Å². The van der Waals surface area contributed by atoms with E-state index in [1.807, 2.05) is 29.8 Å². The summed E-state index contributed by atoms with van der Waals surface area (Å²) >= 11 is 7.55. The number of aryl methyl sites for hydroxylation is 1. The van der Waals surface area contributed by atoms with Gasteiger partial charge in [-0.3, -0.25) is 4.79 Å². The summed E-state index contributed by atoms with van der Waals surface area (Å²) in [5.74, 6) is 0.176. The summed E-state index contributed by atoms with van der Waals surface area (Å²) in [6.45, 7) is 3.71. The summed E-state index contributed by atoms with van der Waals surface area (Å²) in [5.41, 5.74) is 1.79.